The Kier molecular flexibility index (Phi) is 7.38. The molecule has 0 aliphatic heterocycles. The molecule has 11 nitrogen and oxygen atoms in total. The molecule has 196 valence electrons. The molecule has 3 N–H and O–H groups in total. The number of pyridine rings is 1. The Morgan fingerprint density at radius 3 is 2.57 bits per heavy atom. The number of aliphatic hydroxyl groups excluding tert-OH is 2. The first kappa shape index (κ1) is 25.5. The van der Waals surface area contributed by atoms with Crippen molar-refractivity contribution in [2.24, 2.45) is 5.16 Å². The van der Waals surface area contributed by atoms with Crippen LogP contribution in [-0.2, 0) is 19.5 Å². The molecule has 0 unspecified atom stereocenters. The maximum absolute atomic E-state index is 13.3. The quantitative estimate of drug-likeness (QED) is 0.256. The van der Waals surface area contributed by atoms with Gasteiger partial charge in [-0.1, -0.05) is 28.6 Å². The number of sulfone groups is 1. The summed E-state index contributed by atoms with van der Waals surface area (Å²) in [5.41, 5.74) is 0.890. The first-order chi connectivity index (χ1) is 17.8. The molecule has 2 aromatic heterocycles. The minimum Gasteiger partial charge on any atom is -0.475 e. The molecule has 2 fully saturated rings. The van der Waals surface area contributed by atoms with Crippen molar-refractivity contribution in [2.75, 3.05) is 18.5 Å². The van der Waals surface area contributed by atoms with Crippen molar-refractivity contribution in [2.45, 2.75) is 54.5 Å². The molecule has 0 bridgehead atoms. The van der Waals surface area contributed by atoms with Gasteiger partial charge in [0.15, 0.2) is 20.7 Å². The van der Waals surface area contributed by atoms with E-state index in [2.05, 4.69) is 20.4 Å². The summed E-state index contributed by atoms with van der Waals surface area (Å²) in [4.78, 5) is 28.3. The number of hydrogen-bond acceptors (Lipinski definition) is 11. The van der Waals surface area contributed by atoms with Crippen LogP contribution in [0.3, 0.4) is 0 Å². The lowest BCUT2D eigenvalue weighted by atomic mass is 10.1. The number of amides is 1. The molecular formula is C24H26N4O7S2. The van der Waals surface area contributed by atoms with Crippen LogP contribution in [0.1, 0.15) is 37.7 Å². The Labute approximate surface area is 217 Å². The molecule has 37 heavy (non-hydrogen) atoms. The summed E-state index contributed by atoms with van der Waals surface area (Å²) >= 11 is 1.14. The molecule has 0 radical (unpaired) electrons. The molecule has 0 spiro atoms. The minimum atomic E-state index is -3.37. The number of carbonyl (C=O) groups excluding carboxylic acids is 1. The van der Waals surface area contributed by atoms with Crippen LogP contribution in [0.15, 0.2) is 46.4 Å². The number of benzene rings is 1. The van der Waals surface area contributed by atoms with Gasteiger partial charge in [0.1, 0.15) is 23.1 Å². The van der Waals surface area contributed by atoms with Crippen molar-refractivity contribution < 1.29 is 33.0 Å². The Morgan fingerprint density at radius 2 is 1.89 bits per heavy atom. The molecule has 2 atom stereocenters. The number of thiazole rings is 1. The summed E-state index contributed by atoms with van der Waals surface area (Å²) in [6.07, 6.45) is 2.16. The summed E-state index contributed by atoms with van der Waals surface area (Å²) in [6, 6.07) is 9.33. The SMILES string of the molecule is O=C(Nc1nc2ccc(OCCO)nc2s1)/C(=N/O[C@@H]1CC[C@@H](O)C1)c1ccc(S(=O)(=O)C2CC2)cc1. The average Bonchev–Trinajstić information content (AvgIpc) is 3.56. The number of rotatable bonds is 10. The van der Waals surface area contributed by atoms with Crippen LogP contribution in [-0.4, -0.2) is 70.9 Å². The second kappa shape index (κ2) is 10.7. The van der Waals surface area contributed by atoms with E-state index in [9.17, 15) is 18.3 Å². The summed E-state index contributed by atoms with van der Waals surface area (Å²) in [6.45, 7) is -0.0271. The monoisotopic (exact) mass is 546 g/mol. The number of nitrogens with zero attached hydrogens (tertiary/aromatic N) is 3. The number of anilines is 1. The summed E-state index contributed by atoms with van der Waals surface area (Å²) < 4.78 is 30.4. The molecular weight excluding hydrogens is 520 g/mol. The van der Waals surface area contributed by atoms with Gasteiger partial charge in [0, 0.05) is 18.1 Å². The van der Waals surface area contributed by atoms with E-state index in [4.69, 9.17) is 14.7 Å². The highest BCUT2D eigenvalue weighted by atomic mass is 32.2. The minimum absolute atomic E-state index is 0.0454. The van der Waals surface area contributed by atoms with Crippen LogP contribution < -0.4 is 10.1 Å². The molecule has 2 heterocycles. The van der Waals surface area contributed by atoms with Crippen LogP contribution in [0, 0.1) is 0 Å². The van der Waals surface area contributed by atoms with Crippen molar-refractivity contribution in [3.8, 4) is 5.88 Å². The lowest BCUT2D eigenvalue weighted by Crippen LogP contribution is -2.25. The molecule has 2 aliphatic carbocycles. The average molecular weight is 547 g/mol. The van der Waals surface area contributed by atoms with Gasteiger partial charge < -0.3 is 19.8 Å². The fraction of sp³-hybridized carbons (Fsp3) is 0.417. The zero-order valence-corrected chi connectivity index (χ0v) is 21.4. The van der Waals surface area contributed by atoms with Crippen LogP contribution in [0.25, 0.3) is 10.3 Å². The molecule has 13 heteroatoms. The lowest BCUT2D eigenvalue weighted by Gasteiger charge is -2.11. The normalized spacial score (nSPS) is 20.2. The summed E-state index contributed by atoms with van der Waals surface area (Å²) in [7, 11) is -3.37. The zero-order valence-electron chi connectivity index (χ0n) is 19.7. The van der Waals surface area contributed by atoms with E-state index in [1.165, 1.54) is 24.3 Å². The highest BCUT2D eigenvalue weighted by Gasteiger charge is 2.37. The lowest BCUT2D eigenvalue weighted by molar-refractivity contribution is -0.110. The number of nitrogens with one attached hydrogen (secondary N) is 1. The molecule has 2 aliphatic rings. The number of ether oxygens (including phenoxy) is 1. The predicted molar refractivity (Wildman–Crippen MR) is 137 cm³/mol. The van der Waals surface area contributed by atoms with Crippen molar-refractivity contribution in [3.05, 3.63) is 42.0 Å². The van der Waals surface area contributed by atoms with E-state index < -0.39 is 21.8 Å². The van der Waals surface area contributed by atoms with Gasteiger partial charge in [-0.2, -0.15) is 0 Å². The first-order valence-electron chi connectivity index (χ1n) is 11.9. The highest BCUT2D eigenvalue weighted by Crippen LogP contribution is 2.33. The van der Waals surface area contributed by atoms with E-state index in [1.807, 2.05) is 0 Å². The third kappa shape index (κ3) is 5.90. The van der Waals surface area contributed by atoms with Gasteiger partial charge in [0.2, 0.25) is 5.88 Å². The molecule has 1 amide bonds. The maximum atomic E-state index is 13.3. The van der Waals surface area contributed by atoms with Crippen molar-refractivity contribution >= 4 is 48.3 Å². The first-order valence-corrected chi connectivity index (χ1v) is 14.3. The summed E-state index contributed by atoms with van der Waals surface area (Å²) in [5, 5.41) is 25.5. The van der Waals surface area contributed by atoms with E-state index >= 15 is 0 Å². The molecule has 0 saturated heterocycles. The van der Waals surface area contributed by atoms with Crippen LogP contribution in [0.4, 0.5) is 5.13 Å². The second-order valence-electron chi connectivity index (χ2n) is 8.92. The van der Waals surface area contributed by atoms with E-state index in [0.717, 1.165) is 11.3 Å². The van der Waals surface area contributed by atoms with Gasteiger partial charge >= 0.3 is 0 Å². The Bertz CT molecular complexity index is 1420. The van der Waals surface area contributed by atoms with Crippen LogP contribution in [0.2, 0.25) is 0 Å². The number of carbonyl (C=O) groups is 1. The van der Waals surface area contributed by atoms with Crippen LogP contribution >= 0.6 is 11.3 Å². The van der Waals surface area contributed by atoms with E-state index in [0.29, 0.717) is 53.9 Å². The Hall–Kier alpha value is -3.13. The Balaban J connectivity index is 1.38. The topological polar surface area (TPSA) is 160 Å². The largest absolute Gasteiger partial charge is 0.475 e. The molecule has 5 rings (SSSR count). The standard InChI is InChI=1S/C24H26N4O7S2/c29-11-12-34-20-10-9-19-23(26-20)36-24(25-19)27-22(31)21(28-35-16-4-3-15(30)13-16)14-1-5-17(6-2-14)37(32,33)18-7-8-18/h1-2,5-6,9-10,15-16,18,29-30H,3-4,7-8,11-13H2,(H,25,27,31)/b28-21+/t15-,16-/m1/s1. The van der Waals surface area contributed by atoms with Gasteiger partial charge in [-0.25, -0.2) is 18.4 Å². The van der Waals surface area contributed by atoms with Gasteiger partial charge in [0.25, 0.3) is 5.91 Å². The smallest absolute Gasteiger partial charge is 0.280 e. The second-order valence-corrected chi connectivity index (χ2v) is 12.1. The number of hydrogen-bond donors (Lipinski definition) is 3. The van der Waals surface area contributed by atoms with Gasteiger partial charge in [0.05, 0.1) is 22.9 Å². The van der Waals surface area contributed by atoms with Gasteiger partial charge in [-0.05, 0) is 43.9 Å². The van der Waals surface area contributed by atoms with E-state index in [1.54, 1.807) is 12.1 Å². The fourth-order valence-corrected chi connectivity index (χ4v) is 6.46. The molecule has 1 aromatic carbocycles. The highest BCUT2D eigenvalue weighted by molar-refractivity contribution is 7.92. The number of fused-ring (bicyclic) bond motifs is 1. The van der Waals surface area contributed by atoms with Crippen molar-refractivity contribution in [3.63, 3.8) is 0 Å². The fourth-order valence-electron chi connectivity index (χ4n) is 3.98. The van der Waals surface area contributed by atoms with Crippen LogP contribution in [0.5, 0.6) is 5.88 Å². The van der Waals surface area contributed by atoms with Crippen molar-refractivity contribution in [1.29, 1.82) is 0 Å². The Morgan fingerprint density at radius 1 is 1.11 bits per heavy atom. The number of aliphatic hydroxyl groups is 2. The predicted octanol–water partition coefficient (Wildman–Crippen LogP) is 2.27. The van der Waals surface area contributed by atoms with E-state index in [-0.39, 0.29) is 40.3 Å². The summed E-state index contributed by atoms with van der Waals surface area (Å²) in [5.74, 6) is -0.258. The molecule has 3 aromatic rings. The van der Waals surface area contributed by atoms with Gasteiger partial charge in [-0.15, -0.1) is 0 Å². The number of oxime groups is 1. The number of aromatic nitrogens is 2. The maximum Gasteiger partial charge on any atom is 0.280 e. The third-order valence-electron chi connectivity index (χ3n) is 6.08. The van der Waals surface area contributed by atoms with Gasteiger partial charge in [-0.3, -0.25) is 10.1 Å². The zero-order chi connectivity index (χ0) is 26.0. The third-order valence-corrected chi connectivity index (χ3v) is 9.23. The van der Waals surface area contributed by atoms with Crippen molar-refractivity contribution in [1.82, 2.24) is 9.97 Å². The molecule has 2 saturated carbocycles.